The molecule has 5 nitrogen and oxygen atoms in total. The summed E-state index contributed by atoms with van der Waals surface area (Å²) in [6, 6.07) is 0. The molecule has 0 saturated carbocycles. The van der Waals surface area contributed by atoms with Gasteiger partial charge in [0.05, 0.1) is 12.7 Å². The number of nitrogens with one attached hydrogen (secondary N) is 2. The standard InChI is InChI=1S/C15H22N2O3S/c1-8(2)9(3)13(18)17-14-12(15(19)20-4)10-5-6-16-7-11(10)21-14/h8-9,16H,5-7H2,1-4H3,(H,17,18). The molecular weight excluding hydrogens is 288 g/mol. The molecule has 2 heterocycles. The van der Waals surface area contributed by atoms with Gasteiger partial charge in [0.2, 0.25) is 5.91 Å². The molecule has 1 aliphatic rings. The van der Waals surface area contributed by atoms with Crippen LogP contribution in [0, 0.1) is 11.8 Å². The van der Waals surface area contributed by atoms with E-state index < -0.39 is 0 Å². The van der Waals surface area contributed by atoms with Crippen LogP contribution in [0.25, 0.3) is 0 Å². The van der Waals surface area contributed by atoms with E-state index in [0.717, 1.165) is 30.0 Å². The van der Waals surface area contributed by atoms with E-state index in [9.17, 15) is 9.59 Å². The summed E-state index contributed by atoms with van der Waals surface area (Å²) in [7, 11) is 1.37. The van der Waals surface area contributed by atoms with Crippen molar-refractivity contribution in [2.45, 2.75) is 33.7 Å². The second-order valence-corrected chi connectivity index (χ2v) is 6.75. The lowest BCUT2D eigenvalue weighted by Crippen LogP contribution is -2.25. The number of carbonyl (C=O) groups is 2. The summed E-state index contributed by atoms with van der Waals surface area (Å²) >= 11 is 1.47. The summed E-state index contributed by atoms with van der Waals surface area (Å²) in [6.07, 6.45) is 0.784. The number of methoxy groups -OCH3 is 1. The minimum absolute atomic E-state index is 0.0540. The summed E-state index contributed by atoms with van der Waals surface area (Å²) in [4.78, 5) is 25.4. The van der Waals surface area contributed by atoms with E-state index in [1.165, 1.54) is 18.4 Å². The molecule has 0 radical (unpaired) electrons. The van der Waals surface area contributed by atoms with Gasteiger partial charge in [-0.1, -0.05) is 20.8 Å². The van der Waals surface area contributed by atoms with Crippen molar-refractivity contribution >= 4 is 28.2 Å². The highest BCUT2D eigenvalue weighted by molar-refractivity contribution is 7.17. The number of esters is 1. The first-order chi connectivity index (χ1) is 9.95. The Bertz CT molecular complexity index is 551. The molecule has 0 spiro atoms. The fraction of sp³-hybridized carbons (Fsp3) is 0.600. The largest absolute Gasteiger partial charge is 0.465 e. The minimum Gasteiger partial charge on any atom is -0.465 e. The first kappa shape index (κ1) is 16.0. The highest BCUT2D eigenvalue weighted by atomic mass is 32.1. The summed E-state index contributed by atoms with van der Waals surface area (Å²) in [5.74, 6) is -0.279. The maximum Gasteiger partial charge on any atom is 0.341 e. The molecule has 116 valence electrons. The Kier molecular flexibility index (Phi) is 5.00. The van der Waals surface area contributed by atoms with Crippen molar-refractivity contribution in [1.29, 1.82) is 0 Å². The number of amides is 1. The lowest BCUT2D eigenvalue weighted by Gasteiger charge is -2.15. The van der Waals surface area contributed by atoms with Crippen LogP contribution < -0.4 is 10.6 Å². The molecular formula is C15H22N2O3S. The van der Waals surface area contributed by atoms with Gasteiger partial charge < -0.3 is 15.4 Å². The average Bonchev–Trinajstić information content (AvgIpc) is 2.83. The quantitative estimate of drug-likeness (QED) is 0.838. The molecule has 0 bridgehead atoms. The molecule has 1 amide bonds. The van der Waals surface area contributed by atoms with E-state index >= 15 is 0 Å². The number of anilines is 1. The Hall–Kier alpha value is -1.40. The molecule has 2 N–H and O–H groups in total. The third kappa shape index (κ3) is 3.27. The van der Waals surface area contributed by atoms with Gasteiger partial charge in [-0.05, 0) is 24.4 Å². The van der Waals surface area contributed by atoms with Crippen molar-refractivity contribution in [3.8, 4) is 0 Å². The average molecular weight is 310 g/mol. The monoisotopic (exact) mass is 310 g/mol. The lowest BCUT2D eigenvalue weighted by molar-refractivity contribution is -0.120. The van der Waals surface area contributed by atoms with Crippen molar-refractivity contribution < 1.29 is 14.3 Å². The molecule has 21 heavy (non-hydrogen) atoms. The van der Waals surface area contributed by atoms with Gasteiger partial charge in [0.15, 0.2) is 0 Å². The van der Waals surface area contributed by atoms with Crippen LogP contribution in [0.5, 0.6) is 0 Å². The van der Waals surface area contributed by atoms with Crippen LogP contribution in [0.15, 0.2) is 0 Å². The van der Waals surface area contributed by atoms with Gasteiger partial charge in [-0.15, -0.1) is 11.3 Å². The van der Waals surface area contributed by atoms with E-state index in [1.807, 2.05) is 20.8 Å². The fourth-order valence-corrected chi connectivity index (χ4v) is 3.48. The van der Waals surface area contributed by atoms with Crippen LogP contribution in [0.4, 0.5) is 5.00 Å². The molecule has 1 aromatic heterocycles. The molecule has 0 saturated heterocycles. The van der Waals surface area contributed by atoms with E-state index in [0.29, 0.717) is 10.6 Å². The SMILES string of the molecule is COC(=O)c1c(NC(=O)C(C)C(C)C)sc2c1CCNC2. The van der Waals surface area contributed by atoms with E-state index in [2.05, 4.69) is 10.6 Å². The van der Waals surface area contributed by atoms with Gasteiger partial charge in [-0.25, -0.2) is 4.79 Å². The van der Waals surface area contributed by atoms with Gasteiger partial charge >= 0.3 is 5.97 Å². The number of thiophene rings is 1. The van der Waals surface area contributed by atoms with Crippen LogP contribution in [0.3, 0.4) is 0 Å². The predicted molar refractivity (Wildman–Crippen MR) is 83.7 cm³/mol. The van der Waals surface area contributed by atoms with E-state index in [4.69, 9.17) is 4.74 Å². The van der Waals surface area contributed by atoms with Gasteiger partial charge in [-0.2, -0.15) is 0 Å². The summed E-state index contributed by atoms with van der Waals surface area (Å²) in [5, 5.41) is 6.81. The number of fused-ring (bicyclic) bond motifs is 1. The molecule has 0 aliphatic carbocycles. The normalized spacial score (nSPS) is 15.5. The maximum absolute atomic E-state index is 12.3. The molecule has 1 unspecified atom stereocenters. The van der Waals surface area contributed by atoms with Crippen molar-refractivity contribution in [3.05, 3.63) is 16.0 Å². The predicted octanol–water partition coefficient (Wildman–Crippen LogP) is 2.41. The summed E-state index contributed by atoms with van der Waals surface area (Å²) in [5.41, 5.74) is 1.54. The van der Waals surface area contributed by atoms with Crippen LogP contribution in [0.1, 0.15) is 41.6 Å². The Balaban J connectivity index is 2.32. The molecule has 0 aromatic carbocycles. The van der Waals surface area contributed by atoms with Crippen LogP contribution in [0.2, 0.25) is 0 Å². The third-order valence-electron chi connectivity index (χ3n) is 3.97. The molecule has 2 rings (SSSR count). The van der Waals surface area contributed by atoms with Gasteiger partial charge in [0, 0.05) is 17.3 Å². The zero-order valence-corrected chi connectivity index (χ0v) is 13.7. The van der Waals surface area contributed by atoms with Crippen molar-refractivity contribution in [2.24, 2.45) is 11.8 Å². The van der Waals surface area contributed by atoms with E-state index in [1.54, 1.807) is 0 Å². The van der Waals surface area contributed by atoms with Crippen LogP contribution in [-0.2, 0) is 22.5 Å². The highest BCUT2D eigenvalue weighted by Gasteiger charge is 2.28. The number of carbonyl (C=O) groups excluding carboxylic acids is 2. The second kappa shape index (κ2) is 6.58. The molecule has 1 aliphatic heterocycles. The van der Waals surface area contributed by atoms with Gasteiger partial charge in [-0.3, -0.25) is 4.79 Å². The minimum atomic E-state index is -0.373. The first-order valence-electron chi connectivity index (χ1n) is 7.20. The number of hydrogen-bond acceptors (Lipinski definition) is 5. The zero-order valence-electron chi connectivity index (χ0n) is 12.9. The lowest BCUT2D eigenvalue weighted by atomic mass is 9.97. The summed E-state index contributed by atoms with van der Waals surface area (Å²) < 4.78 is 4.89. The van der Waals surface area contributed by atoms with E-state index in [-0.39, 0.29) is 23.7 Å². The van der Waals surface area contributed by atoms with Crippen molar-refractivity contribution in [2.75, 3.05) is 19.0 Å². The number of hydrogen-bond donors (Lipinski definition) is 2. The number of ether oxygens (including phenoxy) is 1. The second-order valence-electron chi connectivity index (χ2n) is 5.65. The zero-order chi connectivity index (χ0) is 15.6. The summed E-state index contributed by atoms with van der Waals surface area (Å²) in [6.45, 7) is 7.49. The first-order valence-corrected chi connectivity index (χ1v) is 8.01. The molecule has 0 fully saturated rings. The Morgan fingerprint density at radius 2 is 2.05 bits per heavy atom. The van der Waals surface area contributed by atoms with Gasteiger partial charge in [0.1, 0.15) is 5.00 Å². The molecule has 1 aromatic rings. The third-order valence-corrected chi connectivity index (χ3v) is 5.12. The smallest absolute Gasteiger partial charge is 0.341 e. The Morgan fingerprint density at radius 1 is 1.33 bits per heavy atom. The van der Waals surface area contributed by atoms with Crippen LogP contribution in [-0.4, -0.2) is 25.5 Å². The molecule has 1 atom stereocenters. The maximum atomic E-state index is 12.3. The topological polar surface area (TPSA) is 67.4 Å². The Morgan fingerprint density at radius 3 is 2.67 bits per heavy atom. The van der Waals surface area contributed by atoms with Crippen LogP contribution >= 0.6 is 11.3 Å². The fourth-order valence-electron chi connectivity index (χ4n) is 2.27. The highest BCUT2D eigenvalue weighted by Crippen LogP contribution is 2.36. The van der Waals surface area contributed by atoms with Gasteiger partial charge in [0.25, 0.3) is 0 Å². The van der Waals surface area contributed by atoms with Crippen molar-refractivity contribution in [3.63, 3.8) is 0 Å². The number of rotatable bonds is 4. The molecule has 6 heteroatoms. The van der Waals surface area contributed by atoms with Crippen molar-refractivity contribution in [1.82, 2.24) is 5.32 Å². The Labute approximate surface area is 129 Å².